The zero-order valence-corrected chi connectivity index (χ0v) is 13.7. The van der Waals surface area contributed by atoms with Gasteiger partial charge < -0.3 is 10.5 Å². The highest BCUT2D eigenvalue weighted by Crippen LogP contribution is 2.29. The van der Waals surface area contributed by atoms with Gasteiger partial charge in [0, 0.05) is 15.5 Å². The summed E-state index contributed by atoms with van der Waals surface area (Å²) in [5.74, 6) is 1.30. The number of methoxy groups -OCH3 is 1. The van der Waals surface area contributed by atoms with Crippen molar-refractivity contribution in [2.75, 3.05) is 12.8 Å². The maximum absolute atomic E-state index is 5.95. The summed E-state index contributed by atoms with van der Waals surface area (Å²) < 4.78 is 8.22. The number of aromatic nitrogens is 3. The van der Waals surface area contributed by atoms with E-state index >= 15 is 0 Å². The first-order chi connectivity index (χ1) is 9.32. The summed E-state index contributed by atoms with van der Waals surface area (Å²) >= 11 is 3.48. The van der Waals surface area contributed by atoms with Crippen molar-refractivity contribution < 1.29 is 4.74 Å². The van der Waals surface area contributed by atoms with Gasteiger partial charge in [-0.3, -0.25) is 0 Å². The second-order valence-electron chi connectivity index (χ2n) is 5.69. The molecule has 0 spiro atoms. The Kier molecular flexibility index (Phi) is 4.04. The average molecular weight is 339 g/mol. The minimum atomic E-state index is -0.118. The zero-order chi connectivity index (χ0) is 14.9. The average Bonchev–Trinajstić information content (AvgIpc) is 2.70. The normalized spacial score (nSPS) is 11.7. The Labute approximate surface area is 127 Å². The van der Waals surface area contributed by atoms with Gasteiger partial charge in [0.05, 0.1) is 19.3 Å². The second kappa shape index (κ2) is 5.44. The van der Waals surface area contributed by atoms with Crippen LogP contribution in [-0.2, 0) is 12.0 Å². The Morgan fingerprint density at radius 3 is 2.65 bits per heavy atom. The molecule has 0 unspecified atom stereocenters. The summed E-state index contributed by atoms with van der Waals surface area (Å²) in [6, 6.07) is 5.89. The standard InChI is InChI=1S/C14H19BrN4O/c1-14(2,3)12-13(16)17-18-19(12)8-9-7-10(15)5-6-11(9)20-4/h5-7H,8,16H2,1-4H3. The topological polar surface area (TPSA) is 66.0 Å². The molecule has 5 nitrogen and oxygen atoms in total. The first-order valence-corrected chi connectivity index (χ1v) is 7.14. The first-order valence-electron chi connectivity index (χ1n) is 6.35. The fraction of sp³-hybridized carbons (Fsp3) is 0.429. The molecule has 0 aliphatic heterocycles. The van der Waals surface area contributed by atoms with Crippen LogP contribution in [0.25, 0.3) is 0 Å². The minimum Gasteiger partial charge on any atom is -0.496 e. The van der Waals surface area contributed by atoms with Crippen LogP contribution in [0.1, 0.15) is 32.0 Å². The van der Waals surface area contributed by atoms with E-state index in [1.165, 1.54) is 0 Å². The van der Waals surface area contributed by atoms with Crippen LogP contribution >= 0.6 is 15.9 Å². The van der Waals surface area contributed by atoms with Gasteiger partial charge in [0.15, 0.2) is 5.82 Å². The summed E-state index contributed by atoms with van der Waals surface area (Å²) in [6.07, 6.45) is 0. The number of benzene rings is 1. The molecule has 0 fully saturated rings. The van der Waals surface area contributed by atoms with E-state index in [0.717, 1.165) is 21.5 Å². The van der Waals surface area contributed by atoms with Crippen molar-refractivity contribution in [2.45, 2.75) is 32.7 Å². The van der Waals surface area contributed by atoms with E-state index in [1.807, 2.05) is 22.9 Å². The summed E-state index contributed by atoms with van der Waals surface area (Å²) in [6.45, 7) is 6.85. The lowest BCUT2D eigenvalue weighted by molar-refractivity contribution is 0.405. The van der Waals surface area contributed by atoms with Crippen LogP contribution in [0.15, 0.2) is 22.7 Å². The predicted octanol–water partition coefficient (Wildman–Crippen LogP) is 2.98. The van der Waals surface area contributed by atoms with E-state index in [2.05, 4.69) is 47.0 Å². The molecule has 0 amide bonds. The van der Waals surface area contributed by atoms with Gasteiger partial charge in [0.25, 0.3) is 0 Å². The van der Waals surface area contributed by atoms with Crippen molar-refractivity contribution >= 4 is 21.7 Å². The number of halogens is 1. The van der Waals surface area contributed by atoms with Gasteiger partial charge >= 0.3 is 0 Å². The number of nitrogens with two attached hydrogens (primary N) is 1. The minimum absolute atomic E-state index is 0.118. The molecule has 0 atom stereocenters. The number of nitrogen functional groups attached to an aromatic ring is 1. The van der Waals surface area contributed by atoms with Crippen LogP contribution in [0.2, 0.25) is 0 Å². The lowest BCUT2D eigenvalue weighted by Gasteiger charge is -2.20. The van der Waals surface area contributed by atoms with Gasteiger partial charge in [-0.1, -0.05) is 41.9 Å². The van der Waals surface area contributed by atoms with Crippen LogP contribution < -0.4 is 10.5 Å². The quantitative estimate of drug-likeness (QED) is 0.934. The number of hydrogen-bond donors (Lipinski definition) is 1. The van der Waals surface area contributed by atoms with Gasteiger partial charge in [0.1, 0.15) is 5.75 Å². The number of hydrogen-bond acceptors (Lipinski definition) is 4. The Hall–Kier alpha value is -1.56. The van der Waals surface area contributed by atoms with Crippen molar-refractivity contribution in [3.8, 4) is 5.75 Å². The molecule has 0 aliphatic carbocycles. The third kappa shape index (κ3) is 2.95. The summed E-state index contributed by atoms with van der Waals surface area (Å²) in [7, 11) is 1.66. The fourth-order valence-corrected chi connectivity index (χ4v) is 2.65. The predicted molar refractivity (Wildman–Crippen MR) is 82.9 cm³/mol. The molecular weight excluding hydrogens is 320 g/mol. The number of rotatable bonds is 3. The lowest BCUT2D eigenvalue weighted by atomic mass is 9.91. The van der Waals surface area contributed by atoms with Gasteiger partial charge in [-0.15, -0.1) is 5.10 Å². The highest BCUT2D eigenvalue weighted by atomic mass is 79.9. The Balaban J connectivity index is 2.43. The van der Waals surface area contributed by atoms with Gasteiger partial charge in [-0.05, 0) is 18.2 Å². The van der Waals surface area contributed by atoms with Crippen molar-refractivity contribution in [1.82, 2.24) is 15.0 Å². The zero-order valence-electron chi connectivity index (χ0n) is 12.1. The van der Waals surface area contributed by atoms with E-state index in [0.29, 0.717) is 12.4 Å². The fourth-order valence-electron chi connectivity index (χ4n) is 2.24. The van der Waals surface area contributed by atoms with E-state index in [9.17, 15) is 0 Å². The Morgan fingerprint density at radius 1 is 1.35 bits per heavy atom. The molecule has 0 aliphatic rings. The molecule has 2 aromatic rings. The highest BCUT2D eigenvalue weighted by molar-refractivity contribution is 9.10. The van der Waals surface area contributed by atoms with Gasteiger partial charge in [-0.25, -0.2) is 4.68 Å². The van der Waals surface area contributed by atoms with Gasteiger partial charge in [0.2, 0.25) is 0 Å². The smallest absolute Gasteiger partial charge is 0.169 e. The molecule has 2 N–H and O–H groups in total. The second-order valence-corrected chi connectivity index (χ2v) is 6.60. The molecule has 0 bridgehead atoms. The van der Waals surface area contributed by atoms with Crippen LogP contribution in [0, 0.1) is 0 Å². The molecule has 1 heterocycles. The summed E-state index contributed by atoms with van der Waals surface area (Å²) in [4.78, 5) is 0. The van der Waals surface area contributed by atoms with Crippen molar-refractivity contribution in [3.05, 3.63) is 33.9 Å². The molecule has 20 heavy (non-hydrogen) atoms. The molecule has 108 valence electrons. The van der Waals surface area contributed by atoms with Crippen molar-refractivity contribution in [2.24, 2.45) is 0 Å². The number of nitrogens with zero attached hydrogens (tertiary/aromatic N) is 3. The third-order valence-corrected chi connectivity index (χ3v) is 3.53. The molecule has 0 radical (unpaired) electrons. The largest absolute Gasteiger partial charge is 0.496 e. The van der Waals surface area contributed by atoms with E-state index < -0.39 is 0 Å². The molecule has 1 aromatic heterocycles. The van der Waals surface area contributed by atoms with E-state index in [1.54, 1.807) is 7.11 Å². The molecule has 0 saturated heterocycles. The monoisotopic (exact) mass is 338 g/mol. The Bertz CT molecular complexity index is 616. The molecule has 2 rings (SSSR count). The Morgan fingerprint density at radius 2 is 2.05 bits per heavy atom. The molecular formula is C14H19BrN4O. The maximum Gasteiger partial charge on any atom is 0.169 e. The third-order valence-electron chi connectivity index (χ3n) is 3.03. The van der Waals surface area contributed by atoms with E-state index in [-0.39, 0.29) is 5.41 Å². The van der Waals surface area contributed by atoms with Crippen LogP contribution in [0.5, 0.6) is 5.75 Å². The molecule has 6 heteroatoms. The van der Waals surface area contributed by atoms with Crippen LogP contribution in [-0.4, -0.2) is 22.1 Å². The van der Waals surface area contributed by atoms with Gasteiger partial charge in [-0.2, -0.15) is 0 Å². The molecule has 1 aromatic carbocycles. The highest BCUT2D eigenvalue weighted by Gasteiger charge is 2.24. The van der Waals surface area contributed by atoms with Crippen molar-refractivity contribution in [3.63, 3.8) is 0 Å². The van der Waals surface area contributed by atoms with Crippen LogP contribution in [0.4, 0.5) is 5.82 Å². The lowest BCUT2D eigenvalue weighted by Crippen LogP contribution is -2.20. The summed E-state index contributed by atoms with van der Waals surface area (Å²) in [5.41, 5.74) is 7.78. The van der Waals surface area contributed by atoms with Crippen molar-refractivity contribution in [1.29, 1.82) is 0 Å². The SMILES string of the molecule is COc1ccc(Br)cc1Cn1nnc(N)c1C(C)(C)C. The maximum atomic E-state index is 5.95. The number of anilines is 1. The van der Waals surface area contributed by atoms with E-state index in [4.69, 9.17) is 10.5 Å². The van der Waals surface area contributed by atoms with Crippen LogP contribution in [0.3, 0.4) is 0 Å². The first kappa shape index (κ1) is 14.8. The summed E-state index contributed by atoms with van der Waals surface area (Å²) in [5, 5.41) is 8.15. The molecule has 0 saturated carbocycles. The number of ether oxygens (including phenoxy) is 1.